The van der Waals surface area contributed by atoms with Gasteiger partial charge in [-0.2, -0.15) is 0 Å². The third-order valence-electron chi connectivity index (χ3n) is 9.44. The molecule has 53 heavy (non-hydrogen) atoms. The molecule has 1 aliphatic rings. The molecule has 3 amide bonds. The molecule has 0 saturated carbocycles. The minimum Gasteiger partial charge on any atom is -0.371 e. The van der Waals surface area contributed by atoms with E-state index in [4.69, 9.17) is 4.98 Å². The van der Waals surface area contributed by atoms with Crippen LogP contribution in [0.2, 0.25) is 0 Å². The van der Waals surface area contributed by atoms with Gasteiger partial charge in [-0.15, -0.1) is 0 Å². The fourth-order valence-corrected chi connectivity index (χ4v) is 6.54. The summed E-state index contributed by atoms with van der Waals surface area (Å²) in [5.74, 6) is 3.93. The molecule has 4 heterocycles. The molecule has 11 heteroatoms. The lowest BCUT2D eigenvalue weighted by atomic mass is 9.93. The Kier molecular flexibility index (Phi) is 9.52. The van der Waals surface area contributed by atoms with E-state index in [-0.39, 0.29) is 42.2 Å². The minimum absolute atomic E-state index is 0.00778. The Balaban J connectivity index is 1.05. The van der Waals surface area contributed by atoms with Crippen molar-refractivity contribution in [3.8, 4) is 34.2 Å². The van der Waals surface area contributed by atoms with Crippen molar-refractivity contribution in [1.29, 1.82) is 0 Å². The Hall–Kier alpha value is -6.67. The average Bonchev–Trinajstić information content (AvgIpc) is 3.17. The Bertz CT molecular complexity index is 2590. The number of aromatic nitrogens is 3. The van der Waals surface area contributed by atoms with Gasteiger partial charge in [0.1, 0.15) is 17.6 Å². The zero-order valence-corrected chi connectivity index (χ0v) is 29.3. The highest BCUT2D eigenvalue weighted by Gasteiger charge is 2.27. The molecule has 0 aliphatic carbocycles. The van der Waals surface area contributed by atoms with Crippen molar-refractivity contribution in [3.05, 3.63) is 124 Å². The Morgan fingerprint density at radius 3 is 2.60 bits per heavy atom. The van der Waals surface area contributed by atoms with Crippen LogP contribution < -0.4 is 21.5 Å². The van der Waals surface area contributed by atoms with E-state index < -0.39 is 23.7 Å². The number of hydrogen-bond acceptors (Lipinski definition) is 7. The molecule has 0 radical (unpaired) electrons. The molecule has 7 rings (SSSR count). The molecule has 1 saturated heterocycles. The van der Waals surface area contributed by atoms with Crippen LogP contribution in [0, 0.1) is 24.6 Å². The van der Waals surface area contributed by atoms with E-state index in [1.165, 1.54) is 18.2 Å². The number of aryl methyl sites for hydroxylation is 3. The third kappa shape index (κ3) is 7.12. The van der Waals surface area contributed by atoms with Crippen LogP contribution in [-0.2, 0) is 23.1 Å². The van der Waals surface area contributed by atoms with Gasteiger partial charge in [-0.1, -0.05) is 43.0 Å². The van der Waals surface area contributed by atoms with Crippen molar-refractivity contribution in [2.45, 2.75) is 39.2 Å². The fraction of sp³-hybridized carbons (Fsp3) is 0.190. The van der Waals surface area contributed by atoms with Gasteiger partial charge >= 0.3 is 0 Å². The summed E-state index contributed by atoms with van der Waals surface area (Å²) < 4.78 is 16.1. The van der Waals surface area contributed by atoms with E-state index in [2.05, 4.69) is 57.9 Å². The molecule has 10 nitrogen and oxygen atoms in total. The van der Waals surface area contributed by atoms with Crippen LogP contribution in [0.25, 0.3) is 44.1 Å². The first-order valence-corrected chi connectivity index (χ1v) is 17.2. The lowest BCUT2D eigenvalue weighted by Gasteiger charge is -2.23. The smallest absolute Gasteiger partial charge is 0.270 e. The number of piperidine rings is 1. The van der Waals surface area contributed by atoms with Gasteiger partial charge in [0.15, 0.2) is 0 Å². The first-order chi connectivity index (χ1) is 25.6. The van der Waals surface area contributed by atoms with Gasteiger partial charge in [-0.05, 0) is 90.4 Å². The zero-order valence-electron chi connectivity index (χ0n) is 29.3. The maximum Gasteiger partial charge on any atom is 0.270 e. The summed E-state index contributed by atoms with van der Waals surface area (Å²) in [4.78, 5) is 58.2. The van der Waals surface area contributed by atoms with Crippen LogP contribution >= 0.6 is 0 Å². The largest absolute Gasteiger partial charge is 0.371 e. The summed E-state index contributed by atoms with van der Waals surface area (Å²) in [6.07, 6.45) is 4.72. The minimum atomic E-state index is -0.729. The molecule has 0 spiro atoms. The van der Waals surface area contributed by atoms with Gasteiger partial charge in [-0.3, -0.25) is 34.5 Å². The standard InChI is InChI=1S/C42H35FN6O4/c1-4-25-18-30(31-17-24(2)42(53)49(3)38(31)20-25)29-9-5-8-27-21-36(46-23-32(27)29)28-11-13-34(45-22-28)40(51)44-16-6-7-26-10-12-33(43)37(19-26)47-35-14-15-39(50)48-41(35)52/h5,8-13,17-23,35,47H,4,14-16H2,1-3H3,(H,44,51)(H,48,50,52). The van der Waals surface area contributed by atoms with E-state index >= 15 is 0 Å². The highest BCUT2D eigenvalue weighted by Crippen LogP contribution is 2.36. The second-order valence-electron chi connectivity index (χ2n) is 13.0. The van der Waals surface area contributed by atoms with Crippen molar-refractivity contribution in [1.82, 2.24) is 25.2 Å². The van der Waals surface area contributed by atoms with Gasteiger partial charge in [0.2, 0.25) is 11.8 Å². The molecule has 1 unspecified atom stereocenters. The maximum atomic E-state index is 14.4. The highest BCUT2D eigenvalue weighted by atomic mass is 19.1. The molecule has 6 aromatic rings. The first kappa shape index (κ1) is 34.8. The number of pyridine rings is 3. The second-order valence-corrected chi connectivity index (χ2v) is 13.0. The third-order valence-corrected chi connectivity index (χ3v) is 9.44. The van der Waals surface area contributed by atoms with Crippen molar-refractivity contribution < 1.29 is 18.8 Å². The number of hydrogen-bond donors (Lipinski definition) is 3. The van der Waals surface area contributed by atoms with Gasteiger partial charge in [-0.25, -0.2) is 4.39 Å². The van der Waals surface area contributed by atoms with Crippen LogP contribution in [0.1, 0.15) is 46.9 Å². The van der Waals surface area contributed by atoms with Gasteiger partial charge in [0.05, 0.1) is 23.4 Å². The molecule has 0 bridgehead atoms. The van der Waals surface area contributed by atoms with Crippen molar-refractivity contribution in [2.75, 3.05) is 11.9 Å². The Labute approximate surface area is 304 Å². The molecular weight excluding hydrogens is 671 g/mol. The number of carbonyl (C=O) groups is 3. The maximum absolute atomic E-state index is 14.4. The quantitative estimate of drug-likeness (QED) is 0.141. The van der Waals surface area contributed by atoms with Crippen LogP contribution in [0.3, 0.4) is 0 Å². The molecule has 3 aromatic carbocycles. The number of halogens is 1. The molecule has 3 aromatic heterocycles. The van der Waals surface area contributed by atoms with Crippen molar-refractivity contribution >= 4 is 45.1 Å². The number of nitrogens with one attached hydrogen (secondary N) is 3. The van der Waals surface area contributed by atoms with E-state index in [1.54, 1.807) is 22.9 Å². The van der Waals surface area contributed by atoms with Gasteiger partial charge < -0.3 is 15.2 Å². The monoisotopic (exact) mass is 706 g/mol. The molecular formula is C42H35FN6O4. The molecule has 3 N–H and O–H groups in total. The lowest BCUT2D eigenvalue weighted by molar-refractivity contribution is -0.133. The van der Waals surface area contributed by atoms with Crippen LogP contribution in [0.15, 0.2) is 90.0 Å². The van der Waals surface area contributed by atoms with E-state index in [0.29, 0.717) is 16.8 Å². The summed E-state index contributed by atoms with van der Waals surface area (Å²) in [5, 5.41) is 10.8. The number of fused-ring (bicyclic) bond motifs is 2. The second kappa shape index (κ2) is 14.5. The first-order valence-electron chi connectivity index (χ1n) is 17.2. The SMILES string of the molecule is CCc1cc(-c2cccc3cc(-c4ccc(C(=O)NCC#Cc5ccc(F)c(NC6CCC(=O)NC6=O)c5)nc4)ncc23)c2cc(C)c(=O)n(C)c2c1. The highest BCUT2D eigenvalue weighted by molar-refractivity contribution is 6.05. The molecule has 1 fully saturated rings. The molecule has 264 valence electrons. The average molecular weight is 707 g/mol. The fourth-order valence-electron chi connectivity index (χ4n) is 6.54. The van der Waals surface area contributed by atoms with Crippen LogP contribution in [-0.4, -0.2) is 44.8 Å². The van der Waals surface area contributed by atoms with Crippen molar-refractivity contribution in [2.24, 2.45) is 7.05 Å². The van der Waals surface area contributed by atoms with E-state index in [1.807, 2.05) is 44.4 Å². The van der Waals surface area contributed by atoms with Crippen LogP contribution in [0.5, 0.6) is 0 Å². The summed E-state index contributed by atoms with van der Waals surface area (Å²) in [6, 6.07) is 21.3. The van der Waals surface area contributed by atoms with Crippen molar-refractivity contribution in [3.63, 3.8) is 0 Å². The number of carbonyl (C=O) groups excluding carboxylic acids is 3. The number of nitrogens with zero attached hydrogens (tertiary/aromatic N) is 3. The summed E-state index contributed by atoms with van der Waals surface area (Å²) >= 11 is 0. The topological polar surface area (TPSA) is 135 Å². The van der Waals surface area contributed by atoms with E-state index in [0.717, 1.165) is 50.4 Å². The van der Waals surface area contributed by atoms with Crippen LogP contribution in [0.4, 0.5) is 10.1 Å². The summed E-state index contributed by atoms with van der Waals surface area (Å²) in [5.41, 5.74) is 7.02. The Morgan fingerprint density at radius 1 is 0.981 bits per heavy atom. The van der Waals surface area contributed by atoms with Gasteiger partial charge in [0.25, 0.3) is 11.5 Å². The number of anilines is 1. The Morgan fingerprint density at radius 2 is 1.83 bits per heavy atom. The predicted molar refractivity (Wildman–Crippen MR) is 203 cm³/mol. The number of rotatable bonds is 7. The molecule has 1 atom stereocenters. The zero-order chi connectivity index (χ0) is 37.2. The summed E-state index contributed by atoms with van der Waals surface area (Å²) in [7, 11) is 1.81. The van der Waals surface area contributed by atoms with E-state index in [9.17, 15) is 23.6 Å². The normalized spacial score (nSPS) is 14.1. The lowest BCUT2D eigenvalue weighted by Crippen LogP contribution is -2.47. The number of amides is 3. The number of benzene rings is 3. The summed E-state index contributed by atoms with van der Waals surface area (Å²) in [6.45, 7) is 3.97. The molecule has 1 aliphatic heterocycles. The van der Waals surface area contributed by atoms with Gasteiger partial charge in [0, 0.05) is 53.3 Å². The predicted octanol–water partition coefficient (Wildman–Crippen LogP) is 5.82. The number of imide groups is 1.